The third-order valence-electron chi connectivity index (χ3n) is 4.86. The first kappa shape index (κ1) is 24.9. The van der Waals surface area contributed by atoms with E-state index >= 15 is 0 Å². The monoisotopic (exact) mass is 481 g/mol. The summed E-state index contributed by atoms with van der Waals surface area (Å²) < 4.78 is 5.62. The van der Waals surface area contributed by atoms with Crippen LogP contribution in [0, 0.1) is 10.1 Å². The molecule has 0 aromatic heterocycles. The van der Waals surface area contributed by atoms with Crippen LogP contribution in [0.25, 0.3) is 0 Å². The molecule has 2 amide bonds. The van der Waals surface area contributed by atoms with E-state index in [1.165, 1.54) is 12.1 Å². The Bertz CT molecular complexity index is 1210. The molecule has 0 bridgehead atoms. The number of nitrogens with one attached hydrogen (secondary N) is 2. The van der Waals surface area contributed by atoms with Gasteiger partial charge in [-0.15, -0.1) is 0 Å². The van der Waals surface area contributed by atoms with Crippen LogP contribution in [0.15, 0.2) is 66.7 Å². The second kappa shape index (κ2) is 11.4. The Balaban J connectivity index is 1.69. The van der Waals surface area contributed by atoms with Crippen LogP contribution in [0.4, 0.5) is 11.4 Å². The van der Waals surface area contributed by atoms with Crippen LogP contribution in [-0.4, -0.2) is 22.8 Å². The summed E-state index contributed by atoms with van der Waals surface area (Å²) in [6.07, 6.45) is 0.121. The second-order valence-corrected chi connectivity index (χ2v) is 8.19. The smallest absolute Gasteiger partial charge is 0.270 e. The minimum absolute atomic E-state index is 0.0582. The van der Waals surface area contributed by atoms with Crippen molar-refractivity contribution in [2.75, 3.05) is 5.32 Å². The maximum Gasteiger partial charge on any atom is 0.270 e. The number of nitro groups is 1. The van der Waals surface area contributed by atoms with Gasteiger partial charge in [0.15, 0.2) is 0 Å². The number of carbonyl (C=O) groups excluding carboxylic acids is 2. The van der Waals surface area contributed by atoms with Crippen molar-refractivity contribution >= 4 is 34.8 Å². The van der Waals surface area contributed by atoms with Crippen LogP contribution in [0.5, 0.6) is 0 Å². The summed E-state index contributed by atoms with van der Waals surface area (Å²) in [5, 5.41) is 16.3. The molecule has 0 radical (unpaired) electrons. The summed E-state index contributed by atoms with van der Waals surface area (Å²) in [5.41, 5.74) is 2.32. The molecule has 0 aliphatic heterocycles. The molecule has 3 aromatic rings. The summed E-state index contributed by atoms with van der Waals surface area (Å²) in [7, 11) is 0. The van der Waals surface area contributed by atoms with Crippen molar-refractivity contribution in [3.05, 3.63) is 104 Å². The lowest BCUT2D eigenvalue weighted by Gasteiger charge is -2.13. The summed E-state index contributed by atoms with van der Waals surface area (Å²) in [6.45, 7) is 4.72. The van der Waals surface area contributed by atoms with Crippen LogP contribution in [-0.2, 0) is 17.9 Å². The van der Waals surface area contributed by atoms with Crippen LogP contribution in [0.2, 0.25) is 5.02 Å². The van der Waals surface area contributed by atoms with Crippen molar-refractivity contribution in [3.63, 3.8) is 0 Å². The fourth-order valence-electron chi connectivity index (χ4n) is 3.15. The SMILES string of the molecule is CC(C)OCc1cccc(CNC(=O)c2ccccc2NC(=O)c2ccc([N+](=O)[O-])cc2Cl)c1. The molecule has 0 saturated heterocycles. The van der Waals surface area contributed by atoms with Crippen molar-refractivity contribution in [3.8, 4) is 0 Å². The summed E-state index contributed by atoms with van der Waals surface area (Å²) >= 11 is 6.05. The Hall–Kier alpha value is -3.75. The fraction of sp³-hybridized carbons (Fsp3) is 0.200. The zero-order valence-electron chi connectivity index (χ0n) is 18.7. The third kappa shape index (κ3) is 6.63. The first-order valence-electron chi connectivity index (χ1n) is 10.6. The van der Waals surface area contributed by atoms with Gasteiger partial charge in [0.2, 0.25) is 0 Å². The van der Waals surface area contributed by atoms with E-state index in [0.717, 1.165) is 17.2 Å². The largest absolute Gasteiger partial charge is 0.374 e. The third-order valence-corrected chi connectivity index (χ3v) is 5.17. The van der Waals surface area contributed by atoms with Gasteiger partial charge < -0.3 is 15.4 Å². The number of nitrogens with zero attached hydrogens (tertiary/aromatic N) is 1. The van der Waals surface area contributed by atoms with Crippen molar-refractivity contribution < 1.29 is 19.2 Å². The Kier molecular flexibility index (Phi) is 8.34. The number of nitro benzene ring substituents is 1. The van der Waals surface area contributed by atoms with E-state index in [2.05, 4.69) is 10.6 Å². The highest BCUT2D eigenvalue weighted by Gasteiger charge is 2.18. The zero-order valence-corrected chi connectivity index (χ0v) is 19.5. The zero-order chi connectivity index (χ0) is 24.7. The molecule has 0 aliphatic rings. The molecule has 2 N–H and O–H groups in total. The molecule has 8 nitrogen and oxygen atoms in total. The molecule has 34 heavy (non-hydrogen) atoms. The first-order chi connectivity index (χ1) is 16.2. The van der Waals surface area contributed by atoms with E-state index in [4.69, 9.17) is 16.3 Å². The number of para-hydroxylation sites is 1. The van der Waals surface area contributed by atoms with Gasteiger partial charge in [-0.2, -0.15) is 0 Å². The van der Waals surface area contributed by atoms with Gasteiger partial charge in [-0.05, 0) is 43.2 Å². The highest BCUT2D eigenvalue weighted by Crippen LogP contribution is 2.24. The van der Waals surface area contributed by atoms with E-state index in [9.17, 15) is 19.7 Å². The lowest BCUT2D eigenvalue weighted by atomic mass is 10.1. The van der Waals surface area contributed by atoms with Crippen molar-refractivity contribution in [2.24, 2.45) is 0 Å². The highest BCUT2D eigenvalue weighted by atomic mass is 35.5. The molecule has 0 aliphatic carbocycles. The summed E-state index contributed by atoms with van der Waals surface area (Å²) in [4.78, 5) is 35.8. The normalized spacial score (nSPS) is 10.7. The van der Waals surface area contributed by atoms with E-state index < -0.39 is 10.8 Å². The molecule has 0 fully saturated rings. The average molecular weight is 482 g/mol. The van der Waals surface area contributed by atoms with E-state index in [1.54, 1.807) is 24.3 Å². The number of benzene rings is 3. The van der Waals surface area contributed by atoms with Crippen LogP contribution < -0.4 is 10.6 Å². The number of non-ortho nitro benzene ring substituents is 1. The van der Waals surface area contributed by atoms with E-state index in [-0.39, 0.29) is 33.8 Å². The molecule has 3 rings (SSSR count). The van der Waals surface area contributed by atoms with Gasteiger partial charge in [-0.25, -0.2) is 0 Å². The molecule has 176 valence electrons. The Morgan fingerprint density at radius 1 is 0.971 bits per heavy atom. The fourth-order valence-corrected chi connectivity index (χ4v) is 3.41. The van der Waals surface area contributed by atoms with Crippen LogP contribution in [0.3, 0.4) is 0 Å². The Morgan fingerprint density at radius 2 is 1.71 bits per heavy atom. The number of anilines is 1. The maximum atomic E-state index is 12.9. The van der Waals surface area contributed by atoms with Crippen molar-refractivity contribution in [1.29, 1.82) is 0 Å². The quantitative estimate of drug-likeness (QED) is 0.316. The molecule has 0 heterocycles. The standard InChI is InChI=1S/C25H24ClN3O5/c1-16(2)34-15-18-7-5-6-17(12-18)14-27-24(30)21-8-3-4-9-23(21)28-25(31)20-11-10-19(29(32)33)13-22(20)26/h3-13,16H,14-15H2,1-2H3,(H,27,30)(H,28,31). The van der Waals surface area contributed by atoms with E-state index in [0.29, 0.717) is 18.8 Å². The summed E-state index contributed by atoms with van der Waals surface area (Å²) in [5.74, 6) is -0.951. The second-order valence-electron chi connectivity index (χ2n) is 7.78. The molecule has 0 atom stereocenters. The first-order valence-corrected chi connectivity index (χ1v) is 10.9. The molecular formula is C25H24ClN3O5. The van der Waals surface area contributed by atoms with Gasteiger partial charge in [0.1, 0.15) is 0 Å². The van der Waals surface area contributed by atoms with Crippen LogP contribution in [0.1, 0.15) is 45.7 Å². The van der Waals surface area contributed by atoms with Gasteiger partial charge in [-0.1, -0.05) is 48.0 Å². The van der Waals surface area contributed by atoms with Crippen molar-refractivity contribution in [2.45, 2.75) is 33.1 Å². The molecule has 9 heteroatoms. The molecular weight excluding hydrogens is 458 g/mol. The molecule has 3 aromatic carbocycles. The molecule has 0 spiro atoms. The number of carbonyl (C=O) groups is 2. The number of hydrogen-bond donors (Lipinski definition) is 2. The number of hydrogen-bond acceptors (Lipinski definition) is 5. The van der Waals surface area contributed by atoms with Gasteiger partial charge >= 0.3 is 0 Å². The van der Waals surface area contributed by atoms with Gasteiger partial charge in [0.05, 0.1) is 39.5 Å². The Morgan fingerprint density at radius 3 is 2.41 bits per heavy atom. The highest BCUT2D eigenvalue weighted by molar-refractivity contribution is 6.34. The lowest BCUT2D eigenvalue weighted by molar-refractivity contribution is -0.384. The number of ether oxygens (including phenoxy) is 1. The maximum absolute atomic E-state index is 12.9. The average Bonchev–Trinajstić information content (AvgIpc) is 2.81. The van der Waals surface area contributed by atoms with Crippen molar-refractivity contribution in [1.82, 2.24) is 5.32 Å². The van der Waals surface area contributed by atoms with Crippen LogP contribution >= 0.6 is 11.6 Å². The van der Waals surface area contributed by atoms with Gasteiger partial charge in [0.25, 0.3) is 17.5 Å². The van der Waals surface area contributed by atoms with Gasteiger partial charge in [0, 0.05) is 18.7 Å². The predicted molar refractivity (Wildman–Crippen MR) is 130 cm³/mol. The number of rotatable bonds is 9. The minimum Gasteiger partial charge on any atom is -0.374 e. The number of amides is 2. The predicted octanol–water partition coefficient (Wildman–Crippen LogP) is 5.36. The number of halogens is 1. The van der Waals surface area contributed by atoms with Gasteiger partial charge in [-0.3, -0.25) is 19.7 Å². The lowest BCUT2D eigenvalue weighted by Crippen LogP contribution is -2.25. The summed E-state index contributed by atoms with van der Waals surface area (Å²) in [6, 6.07) is 17.9. The topological polar surface area (TPSA) is 111 Å². The minimum atomic E-state index is -0.597. The van der Waals surface area contributed by atoms with E-state index in [1.807, 2.05) is 38.1 Å². The molecule has 0 unspecified atom stereocenters. The molecule has 0 saturated carbocycles. The Labute approximate surface area is 202 Å².